The summed E-state index contributed by atoms with van der Waals surface area (Å²) in [5.74, 6) is 0.673. The normalized spacial score (nSPS) is 24.2. The lowest BCUT2D eigenvalue weighted by Gasteiger charge is -2.45. The standard InChI is InChI=1S/C21H34N2O2/c1-20(2,3)25-19(24)22-16-13-17-11-14-21(15-12-17,23(4)5)18-9-7-6-8-10-18/h6-10,17H,11-16H2,1-5H3,(H,22,24). The molecular formula is C21H34N2O2. The zero-order chi connectivity index (χ0) is 18.5. The van der Waals surface area contributed by atoms with E-state index in [1.54, 1.807) is 0 Å². The highest BCUT2D eigenvalue weighted by Crippen LogP contribution is 2.43. The third kappa shape index (κ3) is 5.46. The molecule has 1 saturated carbocycles. The number of nitrogens with one attached hydrogen (secondary N) is 1. The molecule has 0 aromatic heterocycles. The van der Waals surface area contributed by atoms with Crippen molar-refractivity contribution in [2.75, 3.05) is 20.6 Å². The van der Waals surface area contributed by atoms with E-state index in [-0.39, 0.29) is 11.6 Å². The van der Waals surface area contributed by atoms with Gasteiger partial charge in [-0.2, -0.15) is 0 Å². The van der Waals surface area contributed by atoms with Crippen molar-refractivity contribution in [3.8, 4) is 0 Å². The van der Waals surface area contributed by atoms with Gasteiger partial charge in [0, 0.05) is 12.1 Å². The summed E-state index contributed by atoms with van der Waals surface area (Å²) in [6.07, 6.45) is 5.45. The predicted molar refractivity (Wildman–Crippen MR) is 103 cm³/mol. The molecule has 0 spiro atoms. The molecule has 0 bridgehead atoms. The second kappa shape index (κ2) is 8.22. The molecule has 1 aromatic rings. The zero-order valence-electron chi connectivity index (χ0n) is 16.5. The van der Waals surface area contributed by atoms with E-state index in [0.717, 1.165) is 6.42 Å². The second-order valence-corrected chi connectivity index (χ2v) is 8.45. The molecular weight excluding hydrogens is 312 g/mol. The average molecular weight is 347 g/mol. The topological polar surface area (TPSA) is 41.6 Å². The van der Waals surface area contributed by atoms with Crippen LogP contribution in [0.3, 0.4) is 0 Å². The Bertz CT molecular complexity index is 541. The molecule has 4 heteroatoms. The molecule has 0 saturated heterocycles. The van der Waals surface area contributed by atoms with Crippen molar-refractivity contribution < 1.29 is 9.53 Å². The van der Waals surface area contributed by atoms with Crippen molar-refractivity contribution in [1.82, 2.24) is 10.2 Å². The van der Waals surface area contributed by atoms with E-state index in [9.17, 15) is 4.79 Å². The van der Waals surface area contributed by atoms with Crippen LogP contribution in [0.4, 0.5) is 4.79 Å². The molecule has 0 radical (unpaired) electrons. The first-order valence-electron chi connectivity index (χ1n) is 9.43. The first-order valence-corrected chi connectivity index (χ1v) is 9.43. The number of carbonyl (C=O) groups excluding carboxylic acids is 1. The lowest BCUT2D eigenvalue weighted by atomic mass is 9.71. The fraction of sp³-hybridized carbons (Fsp3) is 0.667. The largest absolute Gasteiger partial charge is 0.444 e. The molecule has 0 aliphatic heterocycles. The number of benzene rings is 1. The van der Waals surface area contributed by atoms with Crippen LogP contribution in [-0.4, -0.2) is 37.2 Å². The molecule has 1 amide bonds. The SMILES string of the molecule is CN(C)C1(c2ccccc2)CCC(CCNC(=O)OC(C)(C)C)CC1. The second-order valence-electron chi connectivity index (χ2n) is 8.45. The van der Waals surface area contributed by atoms with Gasteiger partial charge in [-0.3, -0.25) is 4.90 Å². The molecule has 1 fully saturated rings. The Balaban J connectivity index is 1.83. The van der Waals surface area contributed by atoms with Gasteiger partial charge in [0.05, 0.1) is 0 Å². The van der Waals surface area contributed by atoms with E-state index in [1.807, 2.05) is 20.8 Å². The highest BCUT2D eigenvalue weighted by atomic mass is 16.6. The van der Waals surface area contributed by atoms with E-state index in [2.05, 4.69) is 54.6 Å². The summed E-state index contributed by atoms with van der Waals surface area (Å²) < 4.78 is 5.29. The molecule has 1 N–H and O–H groups in total. The molecule has 0 heterocycles. The fourth-order valence-electron chi connectivity index (χ4n) is 3.88. The highest BCUT2D eigenvalue weighted by Gasteiger charge is 2.38. The Morgan fingerprint density at radius 2 is 1.80 bits per heavy atom. The Labute approximate surface area is 152 Å². The van der Waals surface area contributed by atoms with E-state index in [0.29, 0.717) is 12.5 Å². The van der Waals surface area contributed by atoms with Gasteiger partial charge in [0.1, 0.15) is 5.60 Å². The molecule has 4 nitrogen and oxygen atoms in total. The minimum atomic E-state index is -0.435. The van der Waals surface area contributed by atoms with Crippen molar-refractivity contribution in [3.63, 3.8) is 0 Å². The van der Waals surface area contributed by atoms with Crippen LogP contribution in [0, 0.1) is 5.92 Å². The maximum Gasteiger partial charge on any atom is 0.407 e. The predicted octanol–water partition coefficient (Wildman–Crippen LogP) is 4.55. The van der Waals surface area contributed by atoms with Crippen molar-refractivity contribution >= 4 is 6.09 Å². The van der Waals surface area contributed by atoms with Crippen LogP contribution < -0.4 is 5.32 Å². The smallest absolute Gasteiger partial charge is 0.407 e. The summed E-state index contributed by atoms with van der Waals surface area (Å²) >= 11 is 0. The zero-order valence-corrected chi connectivity index (χ0v) is 16.5. The summed E-state index contributed by atoms with van der Waals surface area (Å²) in [5.41, 5.74) is 1.14. The van der Waals surface area contributed by atoms with Crippen LogP contribution in [0.1, 0.15) is 58.4 Å². The van der Waals surface area contributed by atoms with Gasteiger partial charge in [-0.15, -0.1) is 0 Å². The molecule has 1 aliphatic rings. The van der Waals surface area contributed by atoms with Gasteiger partial charge >= 0.3 is 6.09 Å². The maximum atomic E-state index is 11.7. The Morgan fingerprint density at radius 3 is 2.32 bits per heavy atom. The number of carbonyl (C=O) groups is 1. The average Bonchev–Trinajstić information content (AvgIpc) is 2.54. The van der Waals surface area contributed by atoms with E-state index in [4.69, 9.17) is 4.74 Å². The van der Waals surface area contributed by atoms with Gasteiger partial charge in [0.15, 0.2) is 0 Å². The summed E-state index contributed by atoms with van der Waals surface area (Å²) in [4.78, 5) is 14.1. The Kier molecular flexibility index (Phi) is 6.50. The molecule has 0 unspecified atom stereocenters. The molecule has 1 aliphatic carbocycles. The lowest BCUT2D eigenvalue weighted by molar-refractivity contribution is 0.0512. The lowest BCUT2D eigenvalue weighted by Crippen LogP contribution is -2.44. The summed E-state index contributed by atoms with van der Waals surface area (Å²) in [6, 6.07) is 10.9. The summed E-state index contributed by atoms with van der Waals surface area (Å²) in [6.45, 7) is 6.36. The minimum absolute atomic E-state index is 0.149. The van der Waals surface area contributed by atoms with Crippen LogP contribution in [0.2, 0.25) is 0 Å². The van der Waals surface area contributed by atoms with E-state index in [1.165, 1.54) is 31.2 Å². The van der Waals surface area contributed by atoms with E-state index < -0.39 is 5.60 Å². The summed E-state index contributed by atoms with van der Waals surface area (Å²) in [7, 11) is 4.38. The number of hydrogen-bond donors (Lipinski definition) is 1. The maximum absolute atomic E-state index is 11.7. The van der Waals surface area contributed by atoms with Crippen LogP contribution in [-0.2, 0) is 10.3 Å². The van der Waals surface area contributed by atoms with Crippen molar-refractivity contribution in [2.24, 2.45) is 5.92 Å². The highest BCUT2D eigenvalue weighted by molar-refractivity contribution is 5.67. The van der Waals surface area contributed by atoms with Crippen LogP contribution in [0.5, 0.6) is 0 Å². The van der Waals surface area contributed by atoms with E-state index >= 15 is 0 Å². The number of nitrogens with zero attached hydrogens (tertiary/aromatic N) is 1. The van der Waals surface area contributed by atoms with Crippen LogP contribution in [0.25, 0.3) is 0 Å². The van der Waals surface area contributed by atoms with Crippen LogP contribution in [0.15, 0.2) is 30.3 Å². The molecule has 140 valence electrons. The number of alkyl carbamates (subject to hydrolysis) is 1. The first kappa shape index (κ1) is 19.8. The van der Waals surface area contributed by atoms with Gasteiger partial charge in [0.2, 0.25) is 0 Å². The van der Waals surface area contributed by atoms with Gasteiger partial charge in [-0.1, -0.05) is 30.3 Å². The number of rotatable bonds is 5. The van der Waals surface area contributed by atoms with Gasteiger partial charge < -0.3 is 10.1 Å². The molecule has 2 rings (SSSR count). The fourth-order valence-corrected chi connectivity index (χ4v) is 3.88. The number of amides is 1. The monoisotopic (exact) mass is 346 g/mol. The van der Waals surface area contributed by atoms with Crippen LogP contribution >= 0.6 is 0 Å². The molecule has 1 aromatic carbocycles. The van der Waals surface area contributed by atoms with Crippen molar-refractivity contribution in [2.45, 2.75) is 64.0 Å². The molecule has 0 atom stereocenters. The van der Waals surface area contributed by atoms with Crippen molar-refractivity contribution in [1.29, 1.82) is 0 Å². The summed E-state index contributed by atoms with van der Waals surface area (Å²) in [5, 5.41) is 2.89. The quantitative estimate of drug-likeness (QED) is 0.850. The third-order valence-electron chi connectivity index (χ3n) is 5.32. The number of hydrogen-bond acceptors (Lipinski definition) is 3. The molecule has 25 heavy (non-hydrogen) atoms. The third-order valence-corrected chi connectivity index (χ3v) is 5.32. The van der Waals surface area contributed by atoms with Gasteiger partial charge in [-0.05, 0) is 78.5 Å². The Morgan fingerprint density at radius 1 is 1.20 bits per heavy atom. The van der Waals surface area contributed by atoms with Gasteiger partial charge in [0.25, 0.3) is 0 Å². The minimum Gasteiger partial charge on any atom is -0.444 e. The first-order chi connectivity index (χ1) is 11.7. The number of ether oxygens (including phenoxy) is 1. The van der Waals surface area contributed by atoms with Gasteiger partial charge in [-0.25, -0.2) is 4.79 Å². The van der Waals surface area contributed by atoms with Crippen molar-refractivity contribution in [3.05, 3.63) is 35.9 Å². The Hall–Kier alpha value is -1.55.